The molecule has 4 N–H and O–H groups in total. The second kappa shape index (κ2) is 22.2. The van der Waals surface area contributed by atoms with Crippen LogP contribution < -0.4 is 21.3 Å². The number of carbonyl (C=O) groups is 6. The second-order valence-electron chi connectivity index (χ2n) is 13.8. The Kier molecular flexibility index (Phi) is 17.1. The highest BCUT2D eigenvalue weighted by atomic mass is 35.5. The number of ketones is 2. The number of azo groups is 2. The molecule has 0 saturated heterocycles. The molecule has 0 spiro atoms. The van der Waals surface area contributed by atoms with Gasteiger partial charge in [0.1, 0.15) is 11.4 Å². The standard InChI is InChI=1S/C44H36Cl6N8O6/c1-21(45)26-11-5-7-15-32(26)52-41(61)28-13-9-17-34(36(28)49)55-57-38(23(3)59)43(63)51-25-19-30(47)40(31(48)20-25)54-44(64)39(24(4)60)58-56-35-18-10-14-29(37(35)50)42(62)53-33-16-8-6-12-27(33)22(2)46/h5-22,38-39H,1-4H3,(H,51,63)(H,52,61)(H,53,62)(H,54,64). The molecule has 14 nitrogen and oxygen atoms in total. The number of hydrogen-bond donors (Lipinski definition) is 4. The number of alkyl halides is 2. The zero-order valence-electron chi connectivity index (χ0n) is 34.1. The molecular formula is C44H36Cl6N8O6. The third-order valence-electron chi connectivity index (χ3n) is 9.11. The molecule has 5 aromatic carbocycles. The Morgan fingerprint density at radius 1 is 0.516 bits per heavy atom. The molecule has 0 aliphatic carbocycles. The summed E-state index contributed by atoms with van der Waals surface area (Å²) in [6.45, 7) is 5.76. The van der Waals surface area contributed by atoms with E-state index >= 15 is 0 Å². The number of Topliss-reactive ketones (excluding diaryl/α,β-unsaturated/α-hetero) is 2. The van der Waals surface area contributed by atoms with Crippen molar-refractivity contribution in [3.8, 4) is 0 Å². The number of benzene rings is 5. The lowest BCUT2D eigenvalue weighted by atomic mass is 10.1. The predicted octanol–water partition coefficient (Wildman–Crippen LogP) is 12.8. The number of halogens is 6. The number of rotatable bonds is 16. The van der Waals surface area contributed by atoms with Gasteiger partial charge in [0.15, 0.2) is 11.6 Å². The van der Waals surface area contributed by atoms with E-state index in [1.54, 1.807) is 62.4 Å². The highest BCUT2D eigenvalue weighted by Crippen LogP contribution is 2.36. The molecule has 20 heteroatoms. The van der Waals surface area contributed by atoms with Crippen molar-refractivity contribution in [1.82, 2.24) is 0 Å². The van der Waals surface area contributed by atoms with Gasteiger partial charge in [-0.15, -0.1) is 23.2 Å². The van der Waals surface area contributed by atoms with Crippen LogP contribution in [0.5, 0.6) is 0 Å². The fraction of sp³-hybridized carbons (Fsp3) is 0.182. The first-order valence-corrected chi connectivity index (χ1v) is 21.3. The van der Waals surface area contributed by atoms with Crippen molar-refractivity contribution < 1.29 is 28.8 Å². The zero-order valence-corrected chi connectivity index (χ0v) is 38.6. The van der Waals surface area contributed by atoms with Crippen molar-refractivity contribution in [3.05, 3.63) is 139 Å². The Labute approximate surface area is 397 Å². The molecule has 0 saturated carbocycles. The summed E-state index contributed by atoms with van der Waals surface area (Å²) in [5.41, 5.74) is 2.29. The average Bonchev–Trinajstić information content (AvgIpc) is 3.23. The first kappa shape index (κ1) is 49.3. The normalized spacial score (nSPS) is 13.2. The maximum Gasteiger partial charge on any atom is 0.258 e. The Bertz CT molecular complexity index is 2690. The Balaban J connectivity index is 1.27. The van der Waals surface area contributed by atoms with Crippen molar-refractivity contribution in [2.24, 2.45) is 20.5 Å². The molecule has 0 bridgehead atoms. The lowest BCUT2D eigenvalue weighted by Crippen LogP contribution is -2.32. The molecule has 4 atom stereocenters. The summed E-state index contributed by atoms with van der Waals surface area (Å²) in [7, 11) is 0. The van der Waals surface area contributed by atoms with E-state index in [0.29, 0.717) is 22.5 Å². The van der Waals surface area contributed by atoms with Crippen molar-refractivity contribution in [1.29, 1.82) is 0 Å². The molecule has 5 aromatic rings. The molecule has 5 rings (SSSR count). The van der Waals surface area contributed by atoms with Crippen molar-refractivity contribution in [2.45, 2.75) is 50.5 Å². The summed E-state index contributed by atoms with van der Waals surface area (Å²) in [6.07, 6.45) is 0. The Hall–Kier alpha value is -5.74. The highest BCUT2D eigenvalue weighted by molar-refractivity contribution is 6.41. The molecule has 0 radical (unpaired) electrons. The monoisotopic (exact) mass is 982 g/mol. The van der Waals surface area contributed by atoms with E-state index in [9.17, 15) is 28.8 Å². The molecule has 0 fully saturated rings. The summed E-state index contributed by atoms with van der Waals surface area (Å²) >= 11 is 38.5. The van der Waals surface area contributed by atoms with Crippen molar-refractivity contribution >= 4 is 139 Å². The first-order chi connectivity index (χ1) is 30.4. The molecule has 0 aliphatic heterocycles. The summed E-state index contributed by atoms with van der Waals surface area (Å²) in [5, 5.41) is 25.0. The van der Waals surface area contributed by atoms with Gasteiger partial charge >= 0.3 is 0 Å². The topological polar surface area (TPSA) is 200 Å². The van der Waals surface area contributed by atoms with Crippen LogP contribution in [-0.2, 0) is 19.2 Å². The van der Waals surface area contributed by atoms with Crippen LogP contribution in [0.15, 0.2) is 118 Å². The summed E-state index contributed by atoms with van der Waals surface area (Å²) in [5.74, 6) is -4.42. The van der Waals surface area contributed by atoms with Crippen molar-refractivity contribution in [3.63, 3.8) is 0 Å². The summed E-state index contributed by atoms with van der Waals surface area (Å²) < 4.78 is 0. The SMILES string of the molecule is CC(=O)C(N=Nc1cccc(C(=O)Nc2ccccc2C(C)Cl)c1Cl)C(=O)Nc1cc(Cl)c(NC(=O)C(N=Nc2cccc(C(=O)Nc3ccccc3C(C)Cl)c2Cl)C(C)=O)c(Cl)c1. The van der Waals surface area contributed by atoms with Gasteiger partial charge in [-0.3, -0.25) is 28.8 Å². The Morgan fingerprint density at radius 2 is 0.906 bits per heavy atom. The van der Waals surface area contributed by atoms with E-state index in [2.05, 4.69) is 41.7 Å². The molecule has 4 unspecified atom stereocenters. The van der Waals surface area contributed by atoms with E-state index in [-0.39, 0.29) is 59.3 Å². The van der Waals surface area contributed by atoms with Gasteiger partial charge in [-0.2, -0.15) is 20.5 Å². The van der Waals surface area contributed by atoms with Crippen LogP contribution in [-0.4, -0.2) is 47.3 Å². The van der Waals surface area contributed by atoms with E-state index in [1.165, 1.54) is 48.5 Å². The molecular weight excluding hydrogens is 949 g/mol. The van der Waals surface area contributed by atoms with Gasteiger partial charge in [-0.25, -0.2) is 0 Å². The van der Waals surface area contributed by atoms with Crippen molar-refractivity contribution in [2.75, 3.05) is 21.3 Å². The van der Waals surface area contributed by atoms with Crippen LogP contribution in [0, 0.1) is 0 Å². The van der Waals surface area contributed by atoms with Crippen LogP contribution in [0.4, 0.5) is 34.1 Å². The van der Waals surface area contributed by atoms with E-state index < -0.39 is 52.7 Å². The number of amides is 4. The fourth-order valence-corrected chi connectivity index (χ4v) is 7.34. The van der Waals surface area contributed by atoms with Crippen LogP contribution in [0.25, 0.3) is 0 Å². The number of anilines is 4. The predicted molar refractivity (Wildman–Crippen MR) is 252 cm³/mol. The highest BCUT2D eigenvalue weighted by Gasteiger charge is 2.28. The Morgan fingerprint density at radius 3 is 1.30 bits per heavy atom. The quantitative estimate of drug-likeness (QED) is 0.0430. The van der Waals surface area contributed by atoms with Crippen LogP contribution in [0.1, 0.15) is 70.3 Å². The minimum absolute atomic E-state index is 0.000941. The summed E-state index contributed by atoms with van der Waals surface area (Å²) in [6, 6.07) is 21.9. The summed E-state index contributed by atoms with van der Waals surface area (Å²) in [4.78, 5) is 78.3. The largest absolute Gasteiger partial charge is 0.324 e. The van der Waals surface area contributed by atoms with Gasteiger partial charge in [0.05, 0.1) is 47.7 Å². The zero-order chi connectivity index (χ0) is 46.8. The first-order valence-electron chi connectivity index (χ1n) is 19.0. The average molecular weight is 986 g/mol. The van der Waals surface area contributed by atoms with Crippen LogP contribution in [0.2, 0.25) is 20.1 Å². The van der Waals surface area contributed by atoms with Gasteiger partial charge < -0.3 is 21.3 Å². The fourth-order valence-electron chi connectivity index (χ4n) is 5.88. The molecule has 0 aliphatic rings. The van der Waals surface area contributed by atoms with Gasteiger partial charge in [0, 0.05) is 17.1 Å². The third kappa shape index (κ3) is 12.3. The van der Waals surface area contributed by atoms with Gasteiger partial charge in [0.25, 0.3) is 23.6 Å². The van der Waals surface area contributed by atoms with E-state index in [0.717, 1.165) is 13.8 Å². The number of hydrogen-bond acceptors (Lipinski definition) is 10. The lowest BCUT2D eigenvalue weighted by molar-refractivity contribution is -0.127. The van der Waals surface area contributed by atoms with Gasteiger partial charge in [-0.1, -0.05) is 94.9 Å². The van der Waals surface area contributed by atoms with E-state index in [4.69, 9.17) is 69.6 Å². The number of para-hydroxylation sites is 2. The lowest BCUT2D eigenvalue weighted by Gasteiger charge is -2.15. The second-order valence-corrected chi connectivity index (χ2v) is 16.7. The van der Waals surface area contributed by atoms with Crippen LogP contribution >= 0.6 is 69.6 Å². The molecule has 0 heterocycles. The number of nitrogens with zero attached hydrogens (tertiary/aromatic N) is 4. The van der Waals surface area contributed by atoms with Gasteiger partial charge in [0.2, 0.25) is 12.1 Å². The number of nitrogens with one attached hydrogen (secondary N) is 4. The molecule has 64 heavy (non-hydrogen) atoms. The minimum Gasteiger partial charge on any atom is -0.324 e. The van der Waals surface area contributed by atoms with E-state index in [1.807, 2.05) is 0 Å². The molecule has 4 amide bonds. The maximum atomic E-state index is 13.4. The minimum atomic E-state index is -1.71. The number of carbonyl (C=O) groups excluding carboxylic acids is 6. The smallest absolute Gasteiger partial charge is 0.258 e. The van der Waals surface area contributed by atoms with Gasteiger partial charge in [-0.05, 0) is 87.4 Å². The molecule has 330 valence electrons. The third-order valence-corrected chi connectivity index (χ3v) is 11.0. The van der Waals surface area contributed by atoms with Crippen LogP contribution in [0.3, 0.4) is 0 Å². The maximum absolute atomic E-state index is 13.4. The molecule has 0 aromatic heterocycles.